The lowest BCUT2D eigenvalue weighted by molar-refractivity contribution is -0.148. The fourth-order valence-electron chi connectivity index (χ4n) is 4.73. The molecule has 0 spiro atoms. The van der Waals surface area contributed by atoms with E-state index in [0.29, 0.717) is 29.8 Å². The lowest BCUT2D eigenvalue weighted by Gasteiger charge is -2.42. The van der Waals surface area contributed by atoms with Gasteiger partial charge >= 0.3 is 5.97 Å². The quantitative estimate of drug-likeness (QED) is 0.782. The molecule has 2 heterocycles. The smallest absolute Gasteiger partial charge is 0.305 e. The van der Waals surface area contributed by atoms with Crippen molar-refractivity contribution in [1.29, 1.82) is 0 Å². The number of amides is 2. The summed E-state index contributed by atoms with van der Waals surface area (Å²) in [6.45, 7) is 0.235. The van der Waals surface area contributed by atoms with Gasteiger partial charge in [-0.05, 0) is 43.9 Å². The molecule has 2 N–H and O–H groups in total. The first-order valence-electron chi connectivity index (χ1n) is 10.6. The molecule has 4 rings (SSSR count). The molecule has 8 nitrogen and oxygen atoms in total. The van der Waals surface area contributed by atoms with Crippen molar-refractivity contribution in [2.45, 2.75) is 63.2 Å². The molecular weight excluding hydrogens is 388 g/mol. The maximum absolute atomic E-state index is 13.2. The number of aliphatic carboxylic acids is 1. The number of fused-ring (bicyclic) bond motifs is 2. The average molecular weight is 416 g/mol. The van der Waals surface area contributed by atoms with E-state index in [4.69, 9.17) is 14.6 Å². The Morgan fingerprint density at radius 1 is 1.20 bits per heavy atom. The van der Waals surface area contributed by atoms with Crippen LogP contribution in [0.1, 0.15) is 55.3 Å². The lowest BCUT2D eigenvalue weighted by Crippen LogP contribution is -2.53. The number of hydrogen-bond donors (Lipinski definition) is 2. The second kappa shape index (κ2) is 8.63. The second-order valence-corrected chi connectivity index (χ2v) is 8.45. The molecule has 1 aliphatic carbocycles. The van der Waals surface area contributed by atoms with Gasteiger partial charge in [0.2, 0.25) is 5.91 Å². The number of rotatable bonds is 4. The van der Waals surface area contributed by atoms with Crippen molar-refractivity contribution in [1.82, 2.24) is 4.90 Å². The van der Waals surface area contributed by atoms with Gasteiger partial charge in [0.25, 0.3) is 5.91 Å². The van der Waals surface area contributed by atoms with Crippen LogP contribution in [0.5, 0.6) is 5.75 Å². The van der Waals surface area contributed by atoms with E-state index < -0.39 is 5.97 Å². The molecular formula is C22H28N2O6. The van der Waals surface area contributed by atoms with Crippen LogP contribution in [0, 0.1) is 5.92 Å². The summed E-state index contributed by atoms with van der Waals surface area (Å²) in [5, 5.41) is 12.0. The normalized spacial score (nSPS) is 26.8. The number of carbonyl (C=O) groups excluding carboxylic acids is 2. The van der Waals surface area contributed by atoms with E-state index in [-0.39, 0.29) is 49.0 Å². The molecule has 2 aliphatic heterocycles. The van der Waals surface area contributed by atoms with E-state index in [2.05, 4.69) is 5.32 Å². The average Bonchev–Trinajstić information content (AvgIpc) is 3.26. The Morgan fingerprint density at radius 3 is 2.70 bits per heavy atom. The molecule has 3 aliphatic rings. The Hall–Kier alpha value is -2.61. The van der Waals surface area contributed by atoms with Crippen LogP contribution in [-0.2, 0) is 14.3 Å². The molecule has 0 aromatic heterocycles. The molecule has 0 bridgehead atoms. The highest BCUT2D eigenvalue weighted by atomic mass is 16.5. The number of likely N-dealkylation sites (N-methyl/N-ethyl adjacent to an activating group) is 1. The van der Waals surface area contributed by atoms with Crippen LogP contribution in [0.3, 0.4) is 0 Å². The van der Waals surface area contributed by atoms with Crippen LogP contribution in [0.15, 0.2) is 18.2 Å². The maximum atomic E-state index is 13.2. The first kappa shape index (κ1) is 20.7. The SMILES string of the molecule is CN1C(=O)c2cc(NC(=O)C3CCCC3)ccc2OC[C@@H]2O[C@@H](CC(=O)O)CC[C@H]21. The zero-order valence-electron chi connectivity index (χ0n) is 17.1. The number of carboxylic acid groups (broad SMARTS) is 1. The van der Waals surface area contributed by atoms with Gasteiger partial charge in [0.1, 0.15) is 18.5 Å². The number of benzene rings is 1. The number of hydrogen-bond acceptors (Lipinski definition) is 5. The predicted octanol–water partition coefficient (Wildman–Crippen LogP) is 2.67. The van der Waals surface area contributed by atoms with Gasteiger partial charge in [0.15, 0.2) is 0 Å². The number of nitrogens with zero attached hydrogens (tertiary/aromatic N) is 1. The van der Waals surface area contributed by atoms with Crippen molar-refractivity contribution in [3.05, 3.63) is 23.8 Å². The molecule has 8 heteroatoms. The van der Waals surface area contributed by atoms with E-state index >= 15 is 0 Å². The molecule has 30 heavy (non-hydrogen) atoms. The minimum atomic E-state index is -0.896. The minimum absolute atomic E-state index is 0.00485. The first-order valence-corrected chi connectivity index (χ1v) is 10.6. The van der Waals surface area contributed by atoms with E-state index in [1.54, 1.807) is 30.1 Å². The number of ether oxygens (including phenoxy) is 2. The number of carbonyl (C=O) groups is 3. The molecule has 2 fully saturated rings. The Morgan fingerprint density at radius 2 is 1.97 bits per heavy atom. The minimum Gasteiger partial charge on any atom is -0.490 e. The van der Waals surface area contributed by atoms with Crippen LogP contribution >= 0.6 is 0 Å². The fraction of sp³-hybridized carbons (Fsp3) is 0.591. The summed E-state index contributed by atoms with van der Waals surface area (Å²) in [5.74, 6) is -0.608. The Labute approximate surface area is 175 Å². The molecule has 3 atom stereocenters. The maximum Gasteiger partial charge on any atom is 0.305 e. The van der Waals surface area contributed by atoms with E-state index in [9.17, 15) is 14.4 Å². The Balaban J connectivity index is 1.51. The standard InChI is InChI=1S/C22H28N2O6/c1-24-17-8-7-15(11-20(25)26)30-19(17)12-29-18-9-6-14(10-16(18)22(24)28)23-21(27)13-4-2-3-5-13/h6,9-10,13,15,17,19H,2-5,7-8,11-12H2,1H3,(H,23,27)(H,25,26)/t15-,17-,19+/m1/s1. The predicted molar refractivity (Wildman–Crippen MR) is 109 cm³/mol. The van der Waals surface area contributed by atoms with Gasteiger partial charge in [0, 0.05) is 18.7 Å². The van der Waals surface area contributed by atoms with Crippen LogP contribution < -0.4 is 10.1 Å². The van der Waals surface area contributed by atoms with Gasteiger partial charge in [-0.15, -0.1) is 0 Å². The Bertz CT molecular complexity index is 835. The van der Waals surface area contributed by atoms with Crippen molar-refractivity contribution in [2.24, 2.45) is 5.92 Å². The molecule has 1 aromatic rings. The van der Waals surface area contributed by atoms with Crippen molar-refractivity contribution in [3.63, 3.8) is 0 Å². The topological polar surface area (TPSA) is 105 Å². The van der Waals surface area contributed by atoms with Crippen molar-refractivity contribution in [2.75, 3.05) is 19.0 Å². The molecule has 162 valence electrons. The van der Waals surface area contributed by atoms with Crippen molar-refractivity contribution in [3.8, 4) is 5.75 Å². The highest BCUT2D eigenvalue weighted by Crippen LogP contribution is 2.33. The number of carboxylic acids is 1. The van der Waals surface area contributed by atoms with Crippen molar-refractivity contribution < 1.29 is 29.0 Å². The number of anilines is 1. The summed E-state index contributed by atoms with van der Waals surface area (Å²) in [5.41, 5.74) is 1.00. The second-order valence-electron chi connectivity index (χ2n) is 8.45. The van der Waals surface area contributed by atoms with Crippen LogP contribution in [0.4, 0.5) is 5.69 Å². The molecule has 0 unspecified atom stereocenters. The zero-order chi connectivity index (χ0) is 21.3. The van der Waals surface area contributed by atoms with Crippen molar-refractivity contribution >= 4 is 23.5 Å². The highest BCUT2D eigenvalue weighted by molar-refractivity contribution is 6.00. The number of nitrogens with one attached hydrogen (secondary N) is 1. The van der Waals surface area contributed by atoms with Gasteiger partial charge in [-0.3, -0.25) is 14.4 Å². The third-order valence-corrected chi connectivity index (χ3v) is 6.41. The van der Waals surface area contributed by atoms with Crippen LogP contribution in [0.25, 0.3) is 0 Å². The van der Waals surface area contributed by atoms with Gasteiger partial charge in [-0.1, -0.05) is 12.8 Å². The van der Waals surface area contributed by atoms with Crippen LogP contribution in [-0.4, -0.2) is 59.7 Å². The third kappa shape index (κ3) is 4.28. The monoisotopic (exact) mass is 416 g/mol. The van der Waals surface area contributed by atoms with E-state index in [0.717, 1.165) is 25.7 Å². The van der Waals surface area contributed by atoms with E-state index in [1.807, 2.05) is 0 Å². The van der Waals surface area contributed by atoms with Gasteiger partial charge in [-0.25, -0.2) is 0 Å². The highest BCUT2D eigenvalue weighted by Gasteiger charge is 2.39. The zero-order valence-corrected chi connectivity index (χ0v) is 17.1. The fourth-order valence-corrected chi connectivity index (χ4v) is 4.73. The summed E-state index contributed by atoms with van der Waals surface area (Å²) in [6, 6.07) is 4.93. The lowest BCUT2D eigenvalue weighted by atomic mass is 9.94. The molecule has 2 amide bonds. The third-order valence-electron chi connectivity index (χ3n) is 6.41. The summed E-state index contributed by atoms with van der Waals surface area (Å²) in [4.78, 5) is 38.3. The van der Waals surface area contributed by atoms with Gasteiger partial charge in [-0.2, -0.15) is 0 Å². The first-order chi connectivity index (χ1) is 14.4. The van der Waals surface area contributed by atoms with Gasteiger partial charge < -0.3 is 24.8 Å². The molecule has 1 saturated heterocycles. The van der Waals surface area contributed by atoms with Gasteiger partial charge in [0.05, 0.1) is 24.1 Å². The molecule has 1 aromatic carbocycles. The molecule has 1 saturated carbocycles. The summed E-state index contributed by atoms with van der Waals surface area (Å²) in [7, 11) is 1.74. The molecule has 0 radical (unpaired) electrons. The largest absolute Gasteiger partial charge is 0.490 e. The summed E-state index contributed by atoms with van der Waals surface area (Å²) in [6.07, 6.45) is 4.41. The van der Waals surface area contributed by atoms with E-state index in [1.165, 1.54) is 0 Å². The van der Waals surface area contributed by atoms with Crippen LogP contribution in [0.2, 0.25) is 0 Å². The summed E-state index contributed by atoms with van der Waals surface area (Å²) >= 11 is 0. The summed E-state index contributed by atoms with van der Waals surface area (Å²) < 4.78 is 11.8. The Kier molecular flexibility index (Phi) is 5.94.